The van der Waals surface area contributed by atoms with Crippen LogP contribution in [-0.4, -0.2) is 19.1 Å². The molecule has 1 N–H and O–H groups in total. The minimum Gasteiger partial charge on any atom is -0.464 e. The number of nitrogens with one attached hydrogen (secondary N) is 1. The van der Waals surface area contributed by atoms with Crippen molar-refractivity contribution >= 4 is 24.5 Å². The van der Waals surface area contributed by atoms with E-state index in [-0.39, 0.29) is 23.7 Å². The third-order valence-electron chi connectivity index (χ3n) is 6.34. The number of rotatable bonds is 11. The second kappa shape index (κ2) is 12.6. The topological polar surface area (TPSA) is 73.9 Å². The number of halogens is 5. The highest BCUT2D eigenvalue weighted by Gasteiger charge is 2.37. The molecular weight excluding hydrogens is 556 g/mol. The van der Waals surface area contributed by atoms with E-state index in [2.05, 4.69) is 5.09 Å². The molecule has 3 aromatic carbocycles. The molecule has 0 aliphatic carbocycles. The fourth-order valence-electron chi connectivity index (χ4n) is 3.95. The zero-order valence-corrected chi connectivity index (χ0v) is 23.6. The average Bonchev–Trinajstić information content (AvgIpc) is 2.92. The number of hydrogen-bond acceptors (Lipinski definition) is 5. The average molecular weight is 588 g/mol. The van der Waals surface area contributed by atoms with E-state index in [0.717, 1.165) is 18.4 Å². The van der Waals surface area contributed by atoms with Crippen molar-refractivity contribution < 1.29 is 45.1 Å². The fourth-order valence-corrected chi connectivity index (χ4v) is 5.26. The maximum Gasteiger partial charge on any atom is 0.513 e. The Labute approximate surface area is 229 Å². The Morgan fingerprint density at radius 2 is 1.40 bits per heavy atom. The van der Waals surface area contributed by atoms with Crippen molar-refractivity contribution in [1.29, 1.82) is 0 Å². The van der Waals surface area contributed by atoms with Gasteiger partial charge in [-0.3, -0.25) is 4.79 Å². The van der Waals surface area contributed by atoms with Crippen molar-refractivity contribution in [2.75, 3.05) is 13.2 Å². The molecule has 1 unspecified atom stereocenters. The van der Waals surface area contributed by atoms with Crippen LogP contribution in [-0.2, 0) is 19.5 Å². The predicted molar refractivity (Wildman–Crippen MR) is 141 cm³/mol. The van der Waals surface area contributed by atoms with Crippen LogP contribution in [0.5, 0.6) is 11.5 Å². The highest BCUT2D eigenvalue weighted by molar-refractivity contribution is 7.52. The monoisotopic (exact) mass is 587 g/mol. The maximum absolute atomic E-state index is 14.5. The summed E-state index contributed by atoms with van der Waals surface area (Å²) >= 11 is 0. The minimum absolute atomic E-state index is 0.0655. The number of carbonyl (C=O) groups is 1. The summed E-state index contributed by atoms with van der Waals surface area (Å²) in [5.41, 5.74) is 0.578. The largest absolute Gasteiger partial charge is 0.513 e. The SMILES string of the molecule is CCC(CC)COC(=O)CNP(=O)(Oc1c(F)c(F)c(F)c(F)c1F)Oc1ccc(C(C)(C)C)c2ccccc12. The van der Waals surface area contributed by atoms with Crippen LogP contribution < -0.4 is 14.1 Å². The van der Waals surface area contributed by atoms with Gasteiger partial charge in [0.15, 0.2) is 0 Å². The Morgan fingerprint density at radius 1 is 0.850 bits per heavy atom. The summed E-state index contributed by atoms with van der Waals surface area (Å²) in [6.45, 7) is 9.00. The lowest BCUT2D eigenvalue weighted by atomic mass is 9.83. The van der Waals surface area contributed by atoms with Crippen molar-refractivity contribution in [3.8, 4) is 11.5 Å². The summed E-state index contributed by atoms with van der Waals surface area (Å²) in [5.74, 6) is -14.5. The van der Waals surface area contributed by atoms with Crippen LogP contribution >= 0.6 is 7.75 Å². The Bertz CT molecular complexity index is 1410. The van der Waals surface area contributed by atoms with Crippen molar-refractivity contribution in [3.63, 3.8) is 0 Å². The first-order valence-corrected chi connectivity index (χ1v) is 14.2. The third kappa shape index (κ3) is 6.93. The normalized spacial score (nSPS) is 13.4. The van der Waals surface area contributed by atoms with Gasteiger partial charge in [-0.1, -0.05) is 77.8 Å². The lowest BCUT2D eigenvalue weighted by molar-refractivity contribution is -0.143. The van der Waals surface area contributed by atoms with Gasteiger partial charge in [-0.25, -0.2) is 17.7 Å². The number of fused-ring (bicyclic) bond motifs is 1. The summed E-state index contributed by atoms with van der Waals surface area (Å²) < 4.78 is 99.6. The molecule has 6 nitrogen and oxygen atoms in total. The minimum atomic E-state index is -5.03. The molecule has 0 saturated heterocycles. The molecule has 0 radical (unpaired) electrons. The molecule has 0 saturated carbocycles. The standard InChI is InChI=1S/C28H31F5NO5P/c1-6-16(7-2)15-37-21(35)14-34-40(36,39-27-25(32)23(30)22(29)24(31)26(27)33)38-20-13-12-19(28(3,4)5)17-10-8-9-11-18(17)20/h8-13,16H,6-7,14-15H2,1-5H3,(H,34,36). The Morgan fingerprint density at radius 3 is 1.95 bits per heavy atom. The van der Waals surface area contributed by atoms with Crippen molar-refractivity contribution in [2.45, 2.75) is 52.9 Å². The first-order valence-electron chi connectivity index (χ1n) is 12.7. The van der Waals surface area contributed by atoms with Crippen LogP contribution in [0.4, 0.5) is 22.0 Å². The van der Waals surface area contributed by atoms with Crippen molar-refractivity contribution in [2.24, 2.45) is 5.92 Å². The molecule has 0 bridgehead atoms. The highest BCUT2D eigenvalue weighted by atomic mass is 31.2. The van der Waals surface area contributed by atoms with Gasteiger partial charge in [0.2, 0.25) is 34.8 Å². The number of benzene rings is 3. The van der Waals surface area contributed by atoms with E-state index in [0.29, 0.717) is 10.8 Å². The van der Waals surface area contributed by atoms with E-state index in [1.54, 1.807) is 30.3 Å². The maximum atomic E-state index is 14.5. The molecule has 0 spiro atoms. The molecule has 3 rings (SSSR count). The van der Waals surface area contributed by atoms with Gasteiger partial charge in [-0.15, -0.1) is 0 Å². The number of hydrogen-bond donors (Lipinski definition) is 1. The van der Waals surface area contributed by atoms with Gasteiger partial charge >= 0.3 is 13.7 Å². The van der Waals surface area contributed by atoms with E-state index in [1.165, 1.54) is 6.07 Å². The zero-order valence-electron chi connectivity index (χ0n) is 22.7. The van der Waals surface area contributed by atoms with Gasteiger partial charge in [0.05, 0.1) is 6.61 Å². The lowest BCUT2D eigenvalue weighted by Crippen LogP contribution is -2.28. The molecule has 0 fully saturated rings. The summed E-state index contributed by atoms with van der Waals surface area (Å²) in [6, 6.07) is 9.96. The van der Waals surface area contributed by atoms with Crippen molar-refractivity contribution in [3.05, 3.63) is 71.0 Å². The molecular formula is C28H31F5NO5P. The molecule has 1 atom stereocenters. The highest BCUT2D eigenvalue weighted by Crippen LogP contribution is 2.49. The third-order valence-corrected chi connectivity index (χ3v) is 7.75. The molecule has 218 valence electrons. The second-order valence-corrected chi connectivity index (χ2v) is 11.9. The van der Waals surface area contributed by atoms with Gasteiger partial charge in [-0.2, -0.15) is 13.9 Å². The van der Waals surface area contributed by atoms with E-state index in [1.807, 2.05) is 34.6 Å². The van der Waals surface area contributed by atoms with Gasteiger partial charge in [-0.05, 0) is 28.3 Å². The van der Waals surface area contributed by atoms with E-state index < -0.39 is 55.1 Å². The van der Waals surface area contributed by atoms with Crippen LogP contribution in [0.1, 0.15) is 53.0 Å². The number of carbonyl (C=O) groups excluding carboxylic acids is 1. The van der Waals surface area contributed by atoms with E-state index in [4.69, 9.17) is 13.8 Å². The summed E-state index contributed by atoms with van der Waals surface area (Å²) in [6.07, 6.45) is 1.47. The fraction of sp³-hybridized carbons (Fsp3) is 0.393. The molecule has 40 heavy (non-hydrogen) atoms. The molecule has 0 aromatic heterocycles. The lowest BCUT2D eigenvalue weighted by Gasteiger charge is -2.25. The zero-order chi connectivity index (χ0) is 29.8. The molecule has 0 aliphatic rings. The molecule has 0 heterocycles. The van der Waals surface area contributed by atoms with Gasteiger partial charge in [0, 0.05) is 5.39 Å². The molecule has 0 aliphatic heterocycles. The van der Waals surface area contributed by atoms with Gasteiger partial charge in [0.1, 0.15) is 12.3 Å². The van der Waals surface area contributed by atoms with Crippen molar-refractivity contribution in [1.82, 2.24) is 5.09 Å². The number of ether oxygens (including phenoxy) is 1. The van der Waals surface area contributed by atoms with Crippen LogP contribution in [0, 0.1) is 35.0 Å². The van der Waals surface area contributed by atoms with Gasteiger partial charge < -0.3 is 13.8 Å². The van der Waals surface area contributed by atoms with Crippen LogP contribution in [0.25, 0.3) is 10.8 Å². The first-order chi connectivity index (χ1) is 18.7. The predicted octanol–water partition coefficient (Wildman–Crippen LogP) is 7.97. The Kier molecular flexibility index (Phi) is 9.85. The Hall–Kier alpha value is -3.17. The van der Waals surface area contributed by atoms with Gasteiger partial charge in [0.25, 0.3) is 0 Å². The molecule has 12 heteroatoms. The number of esters is 1. The quantitative estimate of drug-likeness (QED) is 0.0807. The summed E-state index contributed by atoms with van der Waals surface area (Å²) in [5, 5.41) is 3.25. The summed E-state index contributed by atoms with van der Waals surface area (Å²) in [4.78, 5) is 12.4. The van der Waals surface area contributed by atoms with Crippen LogP contribution in [0.2, 0.25) is 0 Å². The van der Waals surface area contributed by atoms with E-state index in [9.17, 15) is 31.3 Å². The Balaban J connectivity index is 2.03. The molecule has 0 amide bonds. The van der Waals surface area contributed by atoms with Crippen LogP contribution in [0.3, 0.4) is 0 Å². The van der Waals surface area contributed by atoms with Crippen LogP contribution in [0.15, 0.2) is 36.4 Å². The summed E-state index contributed by atoms with van der Waals surface area (Å²) in [7, 11) is -5.03. The molecule has 3 aromatic rings. The van der Waals surface area contributed by atoms with E-state index >= 15 is 0 Å². The smallest absolute Gasteiger partial charge is 0.464 e. The second-order valence-electron chi connectivity index (χ2n) is 10.2. The first kappa shape index (κ1) is 31.4.